The van der Waals surface area contributed by atoms with Gasteiger partial charge in [-0.25, -0.2) is 9.18 Å². The number of benzene rings is 1. The van der Waals surface area contributed by atoms with Crippen molar-refractivity contribution >= 4 is 28.4 Å². The Hall–Kier alpha value is -3.68. The summed E-state index contributed by atoms with van der Waals surface area (Å²) in [6.07, 6.45) is -4.14. The van der Waals surface area contributed by atoms with Crippen molar-refractivity contribution in [2.45, 2.75) is 38.5 Å². The van der Waals surface area contributed by atoms with Crippen molar-refractivity contribution in [1.29, 1.82) is 0 Å². The van der Waals surface area contributed by atoms with E-state index in [9.17, 15) is 22.4 Å². The Morgan fingerprint density at radius 2 is 1.88 bits per heavy atom. The van der Waals surface area contributed by atoms with Crippen LogP contribution in [-0.2, 0) is 13.2 Å². The maximum absolute atomic E-state index is 14.3. The van der Waals surface area contributed by atoms with Gasteiger partial charge in [0, 0.05) is 37.9 Å². The van der Waals surface area contributed by atoms with Gasteiger partial charge in [-0.1, -0.05) is 13.5 Å². The average molecular weight is 474 g/mol. The topological polar surface area (TPSA) is 58.6 Å². The Balaban J connectivity index is 1.74. The van der Waals surface area contributed by atoms with Crippen LogP contribution in [0.4, 0.5) is 34.9 Å². The van der Waals surface area contributed by atoms with Crippen molar-refractivity contribution < 1.29 is 17.6 Å². The number of halogens is 4. The smallest absolute Gasteiger partial charge is 0.365 e. The van der Waals surface area contributed by atoms with Crippen LogP contribution in [0.15, 0.2) is 35.1 Å². The number of piperazine rings is 1. The molecule has 34 heavy (non-hydrogen) atoms. The molecule has 0 radical (unpaired) electrons. The number of hydrogen-bond acceptors (Lipinski definition) is 5. The first-order valence-corrected chi connectivity index (χ1v) is 10.7. The minimum Gasteiger partial charge on any atom is -0.365 e. The van der Waals surface area contributed by atoms with Gasteiger partial charge in [0.25, 0.3) is 5.82 Å². The molecule has 0 amide bonds. The fraction of sp³-hybridized carbons (Fsp3) is 0.391. The van der Waals surface area contributed by atoms with E-state index in [-0.39, 0.29) is 17.9 Å². The molecule has 1 aliphatic heterocycles. The summed E-state index contributed by atoms with van der Waals surface area (Å²) in [6.45, 7) is 11.8. The van der Waals surface area contributed by atoms with E-state index >= 15 is 0 Å². The molecule has 1 aromatic carbocycles. The summed E-state index contributed by atoms with van der Waals surface area (Å²) >= 11 is 0. The summed E-state index contributed by atoms with van der Waals surface area (Å²) < 4.78 is 54.6. The molecule has 1 saturated heterocycles. The number of pyridine rings is 1. The zero-order valence-electron chi connectivity index (χ0n) is 18.8. The second-order valence-corrected chi connectivity index (χ2v) is 8.30. The first-order valence-electron chi connectivity index (χ1n) is 10.7. The van der Waals surface area contributed by atoms with Crippen molar-refractivity contribution in [3.63, 3.8) is 0 Å². The van der Waals surface area contributed by atoms with Crippen molar-refractivity contribution in [3.05, 3.63) is 63.6 Å². The molecule has 2 aromatic heterocycles. The van der Waals surface area contributed by atoms with E-state index in [1.807, 2.05) is 23.6 Å². The molecule has 3 heterocycles. The maximum Gasteiger partial charge on any atom is 0.419 e. The minimum absolute atomic E-state index is 0.174. The largest absolute Gasteiger partial charge is 0.419 e. The number of rotatable bonds is 3. The Morgan fingerprint density at radius 1 is 1.15 bits per heavy atom. The highest BCUT2D eigenvalue weighted by atomic mass is 19.4. The molecule has 0 N–H and O–H groups in total. The van der Waals surface area contributed by atoms with E-state index in [1.165, 1.54) is 16.7 Å². The number of anilines is 2. The van der Waals surface area contributed by atoms with Gasteiger partial charge < -0.3 is 14.6 Å². The number of fused-ring (bicyclic) bond motifs is 1. The summed E-state index contributed by atoms with van der Waals surface area (Å²) in [5.41, 5.74) is -0.443. The van der Waals surface area contributed by atoms with Crippen LogP contribution in [-0.4, -0.2) is 39.7 Å². The van der Waals surface area contributed by atoms with E-state index < -0.39 is 23.2 Å². The van der Waals surface area contributed by atoms with Gasteiger partial charge in [-0.3, -0.25) is 4.57 Å². The second-order valence-electron chi connectivity index (χ2n) is 8.30. The van der Waals surface area contributed by atoms with Crippen LogP contribution >= 0.6 is 0 Å². The SMILES string of the molecule is [C-]#[N+]c1ccc2c(n1)c(N1C[C@@H](CC)N(c3ccc(C(F)(F)F)c(F)c3)C[C@@H]1C)nc(=O)n2C. The van der Waals surface area contributed by atoms with Gasteiger partial charge in [0.1, 0.15) is 5.82 Å². The van der Waals surface area contributed by atoms with Crippen LogP contribution < -0.4 is 15.5 Å². The number of aryl methyl sites for hydroxylation is 1. The molecule has 7 nitrogen and oxygen atoms in total. The standard InChI is InChI=1S/C23H22F4N6O/c1-5-14-12-32(21-20-18(31(4)22(34)30-21)8-9-19(28-3)29-20)13(2)11-33(14)15-6-7-16(17(24)10-15)23(25,26)27/h6-10,13-14H,5,11-12H2,1-2,4H3/t13-,14+/m0/s1. The summed E-state index contributed by atoms with van der Waals surface area (Å²) in [5.74, 6) is -0.786. The van der Waals surface area contributed by atoms with Crippen molar-refractivity contribution in [2.75, 3.05) is 22.9 Å². The molecular formula is C23H22F4N6O. The molecule has 1 aliphatic rings. The minimum atomic E-state index is -4.76. The lowest BCUT2D eigenvalue weighted by atomic mass is 10.0. The molecule has 0 unspecified atom stereocenters. The van der Waals surface area contributed by atoms with Crippen molar-refractivity contribution in [2.24, 2.45) is 7.05 Å². The molecule has 11 heteroatoms. The summed E-state index contributed by atoms with van der Waals surface area (Å²) in [6, 6.07) is 5.75. The highest BCUT2D eigenvalue weighted by Gasteiger charge is 2.37. The molecule has 3 aromatic rings. The fourth-order valence-corrected chi connectivity index (χ4v) is 4.37. The predicted octanol–water partition coefficient (Wildman–Crippen LogP) is 4.53. The van der Waals surface area contributed by atoms with Crippen LogP contribution in [0, 0.1) is 12.4 Å². The molecule has 0 saturated carbocycles. The van der Waals surface area contributed by atoms with Crippen LogP contribution in [0.5, 0.6) is 0 Å². The first kappa shape index (κ1) is 23.5. The van der Waals surface area contributed by atoms with Gasteiger partial charge in [-0.05, 0) is 43.7 Å². The number of aromatic nitrogens is 3. The number of alkyl halides is 3. The highest BCUT2D eigenvalue weighted by Crippen LogP contribution is 2.35. The lowest BCUT2D eigenvalue weighted by Crippen LogP contribution is -2.58. The predicted molar refractivity (Wildman–Crippen MR) is 121 cm³/mol. The Bertz CT molecular complexity index is 1350. The third kappa shape index (κ3) is 4.04. The quantitative estimate of drug-likeness (QED) is 0.412. The van der Waals surface area contributed by atoms with Gasteiger partial charge in [0.15, 0.2) is 5.82 Å². The van der Waals surface area contributed by atoms with Crippen LogP contribution in [0.3, 0.4) is 0 Å². The van der Waals surface area contributed by atoms with Crippen molar-refractivity contribution in [1.82, 2.24) is 14.5 Å². The zero-order valence-corrected chi connectivity index (χ0v) is 18.8. The van der Waals surface area contributed by atoms with E-state index in [4.69, 9.17) is 6.57 Å². The fourth-order valence-electron chi connectivity index (χ4n) is 4.37. The van der Waals surface area contributed by atoms with E-state index in [0.717, 1.165) is 12.1 Å². The number of nitrogens with zero attached hydrogens (tertiary/aromatic N) is 6. The van der Waals surface area contributed by atoms with Gasteiger partial charge in [0.05, 0.1) is 11.1 Å². The summed E-state index contributed by atoms with van der Waals surface area (Å²) in [4.78, 5) is 28.3. The lowest BCUT2D eigenvalue weighted by molar-refractivity contribution is -0.139. The monoisotopic (exact) mass is 474 g/mol. The van der Waals surface area contributed by atoms with Gasteiger partial charge in [0.2, 0.25) is 5.52 Å². The average Bonchev–Trinajstić information content (AvgIpc) is 2.80. The van der Waals surface area contributed by atoms with Crippen LogP contribution in [0.25, 0.3) is 15.9 Å². The molecule has 1 fully saturated rings. The van der Waals surface area contributed by atoms with Crippen LogP contribution in [0.1, 0.15) is 25.8 Å². The normalized spacial score (nSPS) is 18.9. The van der Waals surface area contributed by atoms with Crippen LogP contribution in [0.2, 0.25) is 0 Å². The molecule has 4 rings (SSSR count). The summed E-state index contributed by atoms with van der Waals surface area (Å²) in [7, 11) is 1.58. The molecule has 2 atom stereocenters. The van der Waals surface area contributed by atoms with E-state index in [2.05, 4.69) is 14.8 Å². The third-order valence-electron chi connectivity index (χ3n) is 6.21. The second kappa shape index (κ2) is 8.59. The first-order chi connectivity index (χ1) is 16.0. The highest BCUT2D eigenvalue weighted by molar-refractivity contribution is 5.87. The zero-order chi connectivity index (χ0) is 24.8. The molecule has 0 spiro atoms. The maximum atomic E-state index is 14.3. The van der Waals surface area contributed by atoms with Crippen molar-refractivity contribution in [3.8, 4) is 0 Å². The lowest BCUT2D eigenvalue weighted by Gasteiger charge is -2.46. The van der Waals surface area contributed by atoms with Gasteiger partial charge >= 0.3 is 11.9 Å². The van der Waals surface area contributed by atoms with E-state index in [1.54, 1.807) is 13.1 Å². The molecule has 178 valence electrons. The number of hydrogen-bond donors (Lipinski definition) is 0. The molecule has 0 bridgehead atoms. The third-order valence-corrected chi connectivity index (χ3v) is 6.21. The van der Waals surface area contributed by atoms with Gasteiger partial charge in [-0.2, -0.15) is 18.2 Å². The van der Waals surface area contributed by atoms with Gasteiger partial charge in [-0.15, -0.1) is 4.98 Å². The Labute approximate surface area is 193 Å². The Morgan fingerprint density at radius 3 is 2.50 bits per heavy atom. The summed E-state index contributed by atoms with van der Waals surface area (Å²) in [5, 5.41) is 0. The van der Waals surface area contributed by atoms with E-state index in [0.29, 0.717) is 42.0 Å². The Kier molecular flexibility index (Phi) is 5.93. The molecular weight excluding hydrogens is 452 g/mol. The molecule has 0 aliphatic carbocycles.